The Kier molecular flexibility index (Phi) is 8.87. The van der Waals surface area contributed by atoms with Crippen LogP contribution in [-0.4, -0.2) is 87.9 Å². The van der Waals surface area contributed by atoms with Crippen molar-refractivity contribution in [3.63, 3.8) is 0 Å². The Balaban J connectivity index is 1.03. The van der Waals surface area contributed by atoms with Gasteiger partial charge in [-0.15, -0.1) is 0 Å². The molecular formula is C37H53N5O3S. The molecule has 2 aromatic rings. The number of amides is 2. The van der Waals surface area contributed by atoms with Gasteiger partial charge in [0.1, 0.15) is 0 Å². The molecule has 3 aliphatic heterocycles. The summed E-state index contributed by atoms with van der Waals surface area (Å²) in [7, 11) is -1.41. The van der Waals surface area contributed by atoms with E-state index in [2.05, 4.69) is 63.4 Å². The largest absolute Gasteiger partial charge is 0.371 e. The quantitative estimate of drug-likeness (QED) is 0.397. The fraction of sp³-hybridized carbons (Fsp3) is 0.649. The lowest BCUT2D eigenvalue weighted by atomic mass is 9.56. The fourth-order valence-electron chi connectivity index (χ4n) is 9.44. The van der Waals surface area contributed by atoms with Gasteiger partial charge in [-0.05, 0) is 113 Å². The van der Waals surface area contributed by atoms with E-state index in [1.54, 1.807) is 24.7 Å². The van der Waals surface area contributed by atoms with E-state index in [1.807, 2.05) is 12.1 Å². The van der Waals surface area contributed by atoms with E-state index in [4.69, 9.17) is 0 Å². The van der Waals surface area contributed by atoms with Gasteiger partial charge in [-0.1, -0.05) is 30.7 Å². The lowest BCUT2D eigenvalue weighted by Crippen LogP contribution is -2.61. The summed E-state index contributed by atoms with van der Waals surface area (Å²) in [6.07, 6.45) is 7.38. The zero-order valence-corrected chi connectivity index (χ0v) is 28.8. The number of nitrogens with one attached hydrogen (secondary N) is 2. The highest BCUT2D eigenvalue weighted by molar-refractivity contribution is 7.92. The van der Waals surface area contributed by atoms with Gasteiger partial charge in [0.15, 0.2) is 9.84 Å². The highest BCUT2D eigenvalue weighted by Gasteiger charge is 2.54. The van der Waals surface area contributed by atoms with Crippen LogP contribution in [0, 0.1) is 17.8 Å². The molecule has 2 saturated carbocycles. The first-order valence-electron chi connectivity index (χ1n) is 17.8. The van der Waals surface area contributed by atoms with Crippen molar-refractivity contribution in [2.75, 3.05) is 51.2 Å². The molecule has 2 aromatic carbocycles. The Morgan fingerprint density at radius 2 is 1.67 bits per heavy atom. The second-order valence-corrected chi connectivity index (χ2v) is 17.4. The fourth-order valence-corrected chi connectivity index (χ4v) is 11.1. The van der Waals surface area contributed by atoms with Crippen LogP contribution in [0.1, 0.15) is 69.9 Å². The van der Waals surface area contributed by atoms with Crippen molar-refractivity contribution in [1.82, 2.24) is 20.4 Å². The molecule has 250 valence electrons. The summed E-state index contributed by atoms with van der Waals surface area (Å²) in [6, 6.07) is 17.4. The molecule has 2 amide bonds. The van der Waals surface area contributed by atoms with E-state index in [9.17, 15) is 13.2 Å². The summed E-state index contributed by atoms with van der Waals surface area (Å²) < 4.78 is 25.2. The van der Waals surface area contributed by atoms with Crippen LogP contribution >= 0.6 is 0 Å². The van der Waals surface area contributed by atoms with Crippen molar-refractivity contribution in [2.24, 2.45) is 17.8 Å². The number of urea groups is 1. The molecule has 3 heterocycles. The maximum atomic E-state index is 12.6. The zero-order valence-electron chi connectivity index (χ0n) is 28.0. The van der Waals surface area contributed by atoms with E-state index in [1.165, 1.54) is 31.2 Å². The molecule has 2 N–H and O–H groups in total. The molecule has 2 saturated heterocycles. The number of carbonyl (C=O) groups excluding carboxylic acids is 1. The maximum Gasteiger partial charge on any atom is 0.314 e. The van der Waals surface area contributed by atoms with Gasteiger partial charge < -0.3 is 20.4 Å². The van der Waals surface area contributed by atoms with Crippen LogP contribution in [-0.2, 0) is 21.8 Å². The third kappa shape index (κ3) is 5.96. The van der Waals surface area contributed by atoms with E-state index < -0.39 is 9.84 Å². The molecule has 46 heavy (non-hydrogen) atoms. The Morgan fingerprint density at radius 3 is 2.35 bits per heavy atom. The Morgan fingerprint density at radius 1 is 0.957 bits per heavy atom. The number of rotatable bonds is 9. The average molecular weight is 648 g/mol. The summed E-state index contributed by atoms with van der Waals surface area (Å²) in [5.41, 5.74) is 4.18. The first-order valence-corrected chi connectivity index (χ1v) is 19.4. The van der Waals surface area contributed by atoms with Gasteiger partial charge in [-0.2, -0.15) is 0 Å². The van der Waals surface area contributed by atoms with Gasteiger partial charge in [0.05, 0.1) is 10.1 Å². The molecular weight excluding hydrogens is 595 g/mol. The Bertz CT molecular complexity index is 1500. The molecule has 3 atom stereocenters. The second-order valence-electron chi connectivity index (χ2n) is 15.1. The summed E-state index contributed by atoms with van der Waals surface area (Å²) in [6.45, 7) is 12.2. The highest BCUT2D eigenvalue weighted by Crippen LogP contribution is 2.54. The second kappa shape index (κ2) is 12.8. The van der Waals surface area contributed by atoms with E-state index >= 15 is 0 Å². The molecule has 0 bridgehead atoms. The van der Waals surface area contributed by atoms with Crippen LogP contribution in [0.3, 0.4) is 0 Å². The van der Waals surface area contributed by atoms with Crippen molar-refractivity contribution in [2.45, 2.75) is 93.0 Å². The van der Waals surface area contributed by atoms with Gasteiger partial charge in [-0.25, -0.2) is 13.2 Å². The molecule has 5 aliphatic rings. The van der Waals surface area contributed by atoms with Gasteiger partial charge in [0.25, 0.3) is 0 Å². The van der Waals surface area contributed by atoms with Gasteiger partial charge in [-0.3, -0.25) is 4.90 Å². The van der Waals surface area contributed by atoms with E-state index in [0.29, 0.717) is 28.7 Å². The van der Waals surface area contributed by atoms with Crippen LogP contribution < -0.4 is 15.5 Å². The number of piperidine rings is 1. The first-order chi connectivity index (χ1) is 22.2. The third-order valence-electron chi connectivity index (χ3n) is 12.1. The Labute approximate surface area is 276 Å². The predicted octanol–water partition coefficient (Wildman–Crippen LogP) is 5.03. The molecule has 1 unspecified atom stereocenters. The number of hydrogen-bond donors (Lipinski definition) is 2. The van der Waals surface area contributed by atoms with Gasteiger partial charge in [0.2, 0.25) is 0 Å². The number of hydrogen-bond acceptors (Lipinski definition) is 6. The number of fused-ring (bicyclic) bond motifs is 1. The molecule has 0 aromatic heterocycles. The van der Waals surface area contributed by atoms with Crippen LogP contribution in [0.5, 0.6) is 0 Å². The lowest BCUT2D eigenvalue weighted by Gasteiger charge is -2.56. The van der Waals surface area contributed by atoms with Crippen molar-refractivity contribution in [3.8, 4) is 0 Å². The van der Waals surface area contributed by atoms with Gasteiger partial charge >= 0.3 is 6.03 Å². The number of likely N-dealkylation sites (tertiary alicyclic amines) is 1. The van der Waals surface area contributed by atoms with Crippen molar-refractivity contribution in [3.05, 3.63) is 59.7 Å². The summed E-state index contributed by atoms with van der Waals surface area (Å²) in [5.74, 6) is 1.64. The smallest absolute Gasteiger partial charge is 0.314 e. The molecule has 8 nitrogen and oxygen atoms in total. The minimum absolute atomic E-state index is 0.0276. The predicted molar refractivity (Wildman–Crippen MR) is 184 cm³/mol. The summed E-state index contributed by atoms with van der Waals surface area (Å²) >= 11 is 0. The highest BCUT2D eigenvalue weighted by atomic mass is 32.2. The lowest BCUT2D eigenvalue weighted by molar-refractivity contribution is 0.0178. The molecule has 7 rings (SSSR count). The molecule has 2 aliphatic carbocycles. The Hall–Kier alpha value is -2.62. The van der Waals surface area contributed by atoms with Crippen molar-refractivity contribution < 1.29 is 13.2 Å². The average Bonchev–Trinajstić information content (AvgIpc) is 3.82. The maximum absolute atomic E-state index is 12.6. The zero-order chi connectivity index (χ0) is 32.1. The molecule has 0 radical (unpaired) electrons. The van der Waals surface area contributed by atoms with Crippen LogP contribution in [0.25, 0.3) is 0 Å². The monoisotopic (exact) mass is 647 g/mol. The van der Waals surface area contributed by atoms with Crippen LogP contribution in [0.15, 0.2) is 53.4 Å². The molecule has 0 spiro atoms. The van der Waals surface area contributed by atoms with E-state index in [0.717, 1.165) is 70.8 Å². The standard InChI is InChI=1S/C37H53N5O3S/c1-26(2)42-24-28-7-4-5-8-33(28)37(25-42,34-9-6-10-35(34)39-36(43)38-3)29-17-19-40(20-18-29)21-27-22-41(23-27)30-11-13-31(14-12-30)46(44,45)32-15-16-32/h4-5,7-8,11-14,26-27,29,32,34-35H,6,9-10,15-25H2,1-3H3,(H2,38,39,43)/t34-,35-,37?/m0/s1. The van der Waals surface area contributed by atoms with E-state index in [-0.39, 0.29) is 22.7 Å². The molecule has 4 fully saturated rings. The minimum Gasteiger partial charge on any atom is -0.371 e. The van der Waals surface area contributed by atoms with Crippen molar-refractivity contribution in [1.29, 1.82) is 0 Å². The summed E-state index contributed by atoms with van der Waals surface area (Å²) in [5, 5.41) is 6.05. The number of anilines is 1. The number of carbonyl (C=O) groups is 1. The SMILES string of the molecule is CNC(=O)N[C@H]1CCC[C@@H]1C1(C2CCN(CC3CN(c4ccc(S(=O)(=O)C5CC5)cc4)C3)CC2)CN(C(C)C)Cc2ccccc21. The molecule has 9 heteroatoms. The summed E-state index contributed by atoms with van der Waals surface area (Å²) in [4.78, 5) is 20.9. The number of sulfone groups is 1. The number of benzene rings is 2. The van der Waals surface area contributed by atoms with Crippen molar-refractivity contribution >= 4 is 21.6 Å². The van der Waals surface area contributed by atoms with Gasteiger partial charge in [0, 0.05) is 68.9 Å². The first kappa shape index (κ1) is 32.0. The topological polar surface area (TPSA) is 85.0 Å². The third-order valence-corrected chi connectivity index (χ3v) is 14.4. The minimum atomic E-state index is -3.13. The normalized spacial score (nSPS) is 28.2. The van der Waals surface area contributed by atoms with Crippen LogP contribution in [0.4, 0.5) is 10.5 Å². The number of nitrogens with zero attached hydrogens (tertiary/aromatic N) is 3. The van der Waals surface area contributed by atoms with Crippen LogP contribution in [0.2, 0.25) is 0 Å².